The van der Waals surface area contributed by atoms with E-state index in [0.29, 0.717) is 21.7 Å². The molecule has 0 radical (unpaired) electrons. The van der Waals surface area contributed by atoms with Crippen molar-refractivity contribution < 1.29 is 71.5 Å². The van der Waals surface area contributed by atoms with E-state index < -0.39 is 10.9 Å². The van der Waals surface area contributed by atoms with E-state index in [4.69, 9.17) is 0 Å². The first-order valence-corrected chi connectivity index (χ1v) is 39.0. The van der Waals surface area contributed by atoms with Gasteiger partial charge < -0.3 is 24.8 Å². The number of aryl methyl sites for hydroxylation is 8. The van der Waals surface area contributed by atoms with Gasteiger partial charge in [-0.3, -0.25) is 0 Å². The first-order chi connectivity index (χ1) is 36.1. The van der Waals surface area contributed by atoms with Crippen LogP contribution in [0.25, 0.3) is 0 Å². The van der Waals surface area contributed by atoms with Gasteiger partial charge in [0, 0.05) is 0 Å². The summed E-state index contributed by atoms with van der Waals surface area (Å²) in [5.74, 6) is 0. The minimum atomic E-state index is -0.455. The molecule has 0 aromatic heterocycles. The first-order valence-electron chi connectivity index (χ1n) is 28.6. The van der Waals surface area contributed by atoms with Crippen molar-refractivity contribution in [3.63, 3.8) is 0 Å². The molecular formula is C72H88Cl2Si2Zr2-2. The van der Waals surface area contributed by atoms with Crippen molar-refractivity contribution in [2.75, 3.05) is 0 Å². The summed E-state index contributed by atoms with van der Waals surface area (Å²) in [5.41, 5.74) is 19.4. The molecule has 0 saturated carbocycles. The molecule has 8 aromatic carbocycles. The Morgan fingerprint density at radius 1 is 0.321 bits per heavy atom. The number of fused-ring (bicyclic) bond motifs is 4. The Balaban J connectivity index is 0.000000172. The van der Waals surface area contributed by atoms with Crippen LogP contribution in [-0.2, 0) is 94.0 Å². The quantitative estimate of drug-likeness (QED) is 0.122. The molecule has 0 heterocycles. The fourth-order valence-corrected chi connectivity index (χ4v) is 20.1. The number of rotatable bonds is 4. The van der Waals surface area contributed by atoms with Gasteiger partial charge in [0.1, 0.15) is 0 Å². The van der Waals surface area contributed by atoms with E-state index in [1.54, 1.807) is 91.2 Å². The third-order valence-electron chi connectivity index (χ3n) is 16.6. The predicted molar refractivity (Wildman–Crippen MR) is 327 cm³/mol. The summed E-state index contributed by atoms with van der Waals surface area (Å²) in [7, 11) is 0. The van der Waals surface area contributed by atoms with Crippen LogP contribution in [0.4, 0.5) is 0 Å². The van der Waals surface area contributed by atoms with E-state index in [9.17, 15) is 0 Å². The molecule has 0 unspecified atom stereocenters. The van der Waals surface area contributed by atoms with Gasteiger partial charge in [0.25, 0.3) is 0 Å². The molecule has 6 heteroatoms. The normalized spacial score (nSPS) is 16.2. The summed E-state index contributed by atoms with van der Waals surface area (Å²) >= 11 is 3.29. The van der Waals surface area contributed by atoms with Crippen molar-refractivity contribution in [2.45, 2.75) is 182 Å². The van der Waals surface area contributed by atoms with Crippen LogP contribution >= 0.6 is 0 Å². The van der Waals surface area contributed by atoms with Crippen molar-refractivity contribution in [3.05, 3.63) is 237 Å². The summed E-state index contributed by atoms with van der Waals surface area (Å²) in [6.07, 6.45) is 16.1. The molecular weight excluding hydrogens is 1170 g/mol. The van der Waals surface area contributed by atoms with Crippen molar-refractivity contribution in [1.82, 2.24) is 0 Å². The molecule has 0 saturated heterocycles. The van der Waals surface area contributed by atoms with Crippen molar-refractivity contribution in [1.29, 1.82) is 0 Å². The topological polar surface area (TPSA) is 0 Å². The average Bonchev–Trinajstić information content (AvgIpc) is 4.23. The Labute approximate surface area is 516 Å². The second-order valence-corrected chi connectivity index (χ2v) is 36.2. The SMILES string of the molecule is Cc1cc2c([cH-]1)CCCC2(C)C.Cc1cc2c([cH-]1)CCCC2(C)C.Cc1cc2c([cH-]1)CCCC2(C)C.Cc1cc2c([cH-]1)CCCC2(C)C.[Cl-].[Cl-].[Zr+2]=[Si](c1ccccc1)c1ccccc1.[Zr+2]=[Si](c1ccccc1)c1ccccc1. The molecule has 4 aliphatic carbocycles. The molecule has 0 amide bonds. The fourth-order valence-electron chi connectivity index (χ4n) is 12.4. The summed E-state index contributed by atoms with van der Waals surface area (Å²) in [6.45, 7) is 27.7. The van der Waals surface area contributed by atoms with Crippen LogP contribution in [0.15, 0.2) is 170 Å². The molecule has 408 valence electrons. The van der Waals surface area contributed by atoms with Gasteiger partial charge in [0.15, 0.2) is 0 Å². The van der Waals surface area contributed by atoms with Crippen molar-refractivity contribution >= 4 is 31.6 Å². The summed E-state index contributed by atoms with van der Waals surface area (Å²) < 4.78 is 0. The minimum absolute atomic E-state index is 0. The Morgan fingerprint density at radius 2 is 0.500 bits per heavy atom. The van der Waals surface area contributed by atoms with Gasteiger partial charge in [-0.2, -0.15) is 91.0 Å². The number of halogens is 2. The van der Waals surface area contributed by atoms with Gasteiger partial charge in [-0.05, 0) is 0 Å². The Kier molecular flexibility index (Phi) is 25.2. The van der Waals surface area contributed by atoms with E-state index in [1.807, 2.05) is 0 Å². The molecule has 0 aliphatic heterocycles. The standard InChI is InChI=1S/2C12H10Si.4C12H17.2ClH.2Zr/c2*1-3-7-11(8-4-1)13-12-9-5-2-6-10-12;4*1-9-7-10-5-4-6-12(2,3)11(10)8-9;;;;/h2*1-10H;4*7-8H,4-6H2,1-3H3;2*1H;;/q;;4*-1;;;2*+2/p-2. The summed E-state index contributed by atoms with van der Waals surface area (Å²) in [5, 5.41) is 6.06. The maximum atomic E-state index is 2.37. The van der Waals surface area contributed by atoms with Crippen molar-refractivity contribution in [2.24, 2.45) is 0 Å². The van der Waals surface area contributed by atoms with Crippen LogP contribution in [0, 0.1) is 27.7 Å². The van der Waals surface area contributed by atoms with Crippen LogP contribution < -0.4 is 45.6 Å². The molecule has 0 bridgehead atoms. The Bertz CT molecular complexity index is 2690. The molecule has 4 aliphatic rings. The second-order valence-electron chi connectivity index (χ2n) is 25.1. The third kappa shape index (κ3) is 18.0. The molecule has 0 atom stereocenters. The van der Waals surface area contributed by atoms with Crippen LogP contribution in [0.2, 0.25) is 0 Å². The van der Waals surface area contributed by atoms with E-state index in [2.05, 4.69) is 253 Å². The van der Waals surface area contributed by atoms with Crippen molar-refractivity contribution in [3.8, 4) is 0 Å². The molecule has 0 spiro atoms. The van der Waals surface area contributed by atoms with Gasteiger partial charge >= 0.3 is 200 Å². The van der Waals surface area contributed by atoms with Crippen LogP contribution in [0.5, 0.6) is 0 Å². The number of benzene rings is 4. The molecule has 0 fully saturated rings. The van der Waals surface area contributed by atoms with E-state index in [-0.39, 0.29) is 24.8 Å². The zero-order chi connectivity index (χ0) is 54.7. The van der Waals surface area contributed by atoms with Gasteiger partial charge in [0.2, 0.25) is 0 Å². The monoisotopic (exact) mass is 1260 g/mol. The molecule has 78 heavy (non-hydrogen) atoms. The predicted octanol–water partition coefficient (Wildman–Crippen LogP) is 10.00. The van der Waals surface area contributed by atoms with Crippen LogP contribution in [0.3, 0.4) is 0 Å². The van der Waals surface area contributed by atoms with Crippen LogP contribution in [0.1, 0.15) is 174 Å². The zero-order valence-electron chi connectivity index (χ0n) is 49.4. The van der Waals surface area contributed by atoms with Crippen LogP contribution in [-0.4, -0.2) is 10.9 Å². The molecule has 12 rings (SSSR count). The van der Waals surface area contributed by atoms with Gasteiger partial charge in [-0.1, -0.05) is 182 Å². The summed E-state index contributed by atoms with van der Waals surface area (Å²) in [4.78, 5) is 0. The van der Waals surface area contributed by atoms with E-state index >= 15 is 0 Å². The van der Waals surface area contributed by atoms with Gasteiger partial charge in [-0.25, -0.2) is 24.3 Å². The fraction of sp³-hybridized carbons (Fsp3) is 0.389. The molecule has 8 aromatic rings. The first kappa shape index (κ1) is 65.9. The molecule has 0 N–H and O–H groups in total. The number of hydrogen-bond acceptors (Lipinski definition) is 0. The Hall–Kier alpha value is -2.94. The summed E-state index contributed by atoms with van der Waals surface area (Å²) in [6, 6.07) is 62.3. The second kappa shape index (κ2) is 29.9. The maximum absolute atomic E-state index is 2.37. The van der Waals surface area contributed by atoms with Gasteiger partial charge in [0.05, 0.1) is 0 Å². The average molecular weight is 1260 g/mol. The van der Waals surface area contributed by atoms with E-state index in [1.165, 1.54) is 120 Å². The molecule has 0 nitrogen and oxygen atoms in total. The van der Waals surface area contributed by atoms with Gasteiger partial charge in [-0.15, -0.1) is 0 Å². The third-order valence-corrected chi connectivity index (χ3v) is 28.8. The van der Waals surface area contributed by atoms with E-state index in [0.717, 1.165) is 0 Å². The zero-order valence-corrected chi connectivity index (χ0v) is 57.8. The number of hydrogen-bond donors (Lipinski definition) is 0. The Morgan fingerprint density at radius 3 is 0.667 bits per heavy atom.